The van der Waals surface area contributed by atoms with Crippen LogP contribution >= 0.6 is 0 Å². The van der Waals surface area contributed by atoms with Crippen LogP contribution in [0.3, 0.4) is 0 Å². The van der Waals surface area contributed by atoms with Gasteiger partial charge in [-0.1, -0.05) is 48.0 Å². The Bertz CT molecular complexity index is 1360. The minimum Gasteiger partial charge on any atom is -0.406 e. The smallest absolute Gasteiger partial charge is 0.406 e. The van der Waals surface area contributed by atoms with Gasteiger partial charge in [0.25, 0.3) is 0 Å². The van der Waals surface area contributed by atoms with Gasteiger partial charge in [0.1, 0.15) is 5.75 Å². The summed E-state index contributed by atoms with van der Waals surface area (Å²) in [4.78, 5) is 32.7. The quantitative estimate of drug-likeness (QED) is 0.342. The number of aliphatic hydroxyl groups is 1. The predicted octanol–water partition coefficient (Wildman–Crippen LogP) is 4.67. The molecule has 4 heterocycles. The molecule has 2 amide bonds. The van der Waals surface area contributed by atoms with E-state index in [1.165, 1.54) is 48.6 Å². The van der Waals surface area contributed by atoms with Crippen LogP contribution in [-0.4, -0.2) is 70.8 Å². The number of aliphatic hydroxyl groups excluding tert-OH is 1. The van der Waals surface area contributed by atoms with Gasteiger partial charge in [-0.3, -0.25) is 24.3 Å². The lowest BCUT2D eigenvalue weighted by molar-refractivity contribution is -0.274. The second-order valence-corrected chi connectivity index (χ2v) is 11.9. The molecule has 2 bridgehead atoms. The summed E-state index contributed by atoms with van der Waals surface area (Å²) in [6.07, 6.45) is 0.836. The number of fused-ring (bicyclic) bond motifs is 1. The average molecular weight is 584 g/mol. The molecular formula is C32H36F3N3O4. The fraction of sp³-hybridized carbons (Fsp3) is 0.500. The average Bonchev–Trinajstić information content (AvgIpc) is 3.55. The Morgan fingerprint density at radius 3 is 2.33 bits per heavy atom. The molecule has 5 atom stereocenters. The van der Waals surface area contributed by atoms with Gasteiger partial charge in [-0.2, -0.15) is 0 Å². The second-order valence-electron chi connectivity index (χ2n) is 11.9. The highest BCUT2D eigenvalue weighted by Gasteiger charge is 2.62. The first kappa shape index (κ1) is 28.9. The Morgan fingerprint density at radius 2 is 1.64 bits per heavy atom. The Kier molecular flexibility index (Phi) is 7.89. The number of hydrogen-bond donors (Lipinski definition) is 1. The number of carbonyl (C=O) groups excluding carboxylic acids is 2. The fourth-order valence-corrected chi connectivity index (χ4v) is 7.56. The molecule has 2 aromatic rings. The van der Waals surface area contributed by atoms with Crippen LogP contribution in [0.15, 0.2) is 60.2 Å². The van der Waals surface area contributed by atoms with E-state index in [-0.39, 0.29) is 42.7 Å². The minimum absolute atomic E-state index is 0.0151. The van der Waals surface area contributed by atoms with E-state index in [0.717, 1.165) is 30.8 Å². The van der Waals surface area contributed by atoms with Gasteiger partial charge in [0.05, 0.1) is 11.8 Å². The number of rotatable bonds is 9. The van der Waals surface area contributed by atoms with Crippen molar-refractivity contribution >= 4 is 11.8 Å². The number of nitrogens with zero attached hydrogens (tertiary/aromatic N) is 3. The van der Waals surface area contributed by atoms with Crippen molar-refractivity contribution in [2.24, 2.45) is 17.8 Å². The molecular weight excluding hydrogens is 547 g/mol. The number of ether oxygens (including phenoxy) is 1. The number of alkyl halides is 3. The first-order valence-corrected chi connectivity index (χ1v) is 14.7. The van der Waals surface area contributed by atoms with E-state index >= 15 is 0 Å². The van der Waals surface area contributed by atoms with E-state index in [4.69, 9.17) is 0 Å². The zero-order chi connectivity index (χ0) is 29.6. The maximum Gasteiger partial charge on any atom is 0.573 e. The molecule has 4 aliphatic heterocycles. The lowest BCUT2D eigenvalue weighted by Gasteiger charge is -2.55. The number of imide groups is 1. The van der Waals surface area contributed by atoms with Gasteiger partial charge in [0.2, 0.25) is 11.8 Å². The Balaban J connectivity index is 1.39. The summed E-state index contributed by atoms with van der Waals surface area (Å²) in [6.45, 7) is 3.34. The van der Waals surface area contributed by atoms with Crippen LogP contribution in [-0.2, 0) is 22.7 Å². The van der Waals surface area contributed by atoms with Gasteiger partial charge >= 0.3 is 6.36 Å². The van der Waals surface area contributed by atoms with Crippen LogP contribution < -0.4 is 4.74 Å². The number of amides is 2. The van der Waals surface area contributed by atoms with Crippen LogP contribution in [0.5, 0.6) is 5.75 Å². The van der Waals surface area contributed by atoms with Crippen LogP contribution in [0.1, 0.15) is 48.4 Å². The summed E-state index contributed by atoms with van der Waals surface area (Å²) in [5, 5.41) is 9.61. The van der Waals surface area contributed by atoms with E-state index in [9.17, 15) is 27.9 Å². The summed E-state index contributed by atoms with van der Waals surface area (Å²) < 4.78 is 43.1. The normalized spacial score (nSPS) is 28.0. The van der Waals surface area contributed by atoms with E-state index in [0.29, 0.717) is 18.4 Å². The molecule has 3 saturated heterocycles. The van der Waals surface area contributed by atoms with Crippen molar-refractivity contribution in [3.05, 3.63) is 76.9 Å². The number of piperidine rings is 1. The molecule has 7 nitrogen and oxygen atoms in total. The highest BCUT2D eigenvalue weighted by Crippen LogP contribution is 2.57. The number of hydrogen-bond acceptors (Lipinski definition) is 6. The van der Waals surface area contributed by atoms with E-state index in [1.807, 2.05) is 0 Å². The standard InChI is InChI=1S/C32H36F3N3O4/c1-36-30(40)27-25-17-23(7-5-15-39)26(28(27)31(36)41)29(22-11-9-20(10-12-22)18-37-13-2-3-14-37)38(25)19-21-6-4-8-24(16-21)42-32(33,34)35/h4,6,8-12,16-17,25-29,39H,2-3,5,7,13-15,18-19H2,1H3. The predicted molar refractivity (Wildman–Crippen MR) is 149 cm³/mol. The molecule has 224 valence electrons. The molecule has 3 fully saturated rings. The Morgan fingerprint density at radius 1 is 0.929 bits per heavy atom. The Labute approximate surface area is 243 Å². The summed E-state index contributed by atoms with van der Waals surface area (Å²) in [6, 6.07) is 13.7. The summed E-state index contributed by atoms with van der Waals surface area (Å²) >= 11 is 0. The molecule has 1 N–H and O–H groups in total. The van der Waals surface area contributed by atoms with Gasteiger partial charge in [0.15, 0.2) is 0 Å². The highest BCUT2D eigenvalue weighted by molar-refractivity contribution is 6.06. The maximum absolute atomic E-state index is 13.5. The van der Waals surface area contributed by atoms with E-state index in [1.54, 1.807) is 6.07 Å². The number of carbonyl (C=O) groups is 2. The van der Waals surface area contributed by atoms with Crippen molar-refractivity contribution in [1.82, 2.24) is 14.7 Å². The largest absolute Gasteiger partial charge is 0.573 e. The maximum atomic E-state index is 13.5. The number of halogens is 3. The molecule has 0 saturated carbocycles. The molecule has 5 aliphatic rings. The SMILES string of the molecule is CN1C(=O)C2C(C1=O)C1C=C(CCCO)C2C(c2ccc(CN3CCCC3)cc2)N1Cc1cccc(OC(F)(F)F)c1. The van der Waals surface area contributed by atoms with Crippen molar-refractivity contribution < 1.29 is 32.6 Å². The number of benzene rings is 2. The van der Waals surface area contributed by atoms with Crippen LogP contribution in [0.2, 0.25) is 0 Å². The van der Waals surface area contributed by atoms with Crippen molar-refractivity contribution in [1.29, 1.82) is 0 Å². The van der Waals surface area contributed by atoms with Crippen LogP contribution in [0, 0.1) is 17.8 Å². The number of likely N-dealkylation sites (tertiary alicyclic amines) is 2. The first-order chi connectivity index (χ1) is 20.1. The third kappa shape index (κ3) is 5.47. The molecule has 0 aromatic heterocycles. The van der Waals surface area contributed by atoms with Crippen LogP contribution in [0.25, 0.3) is 0 Å². The van der Waals surface area contributed by atoms with Crippen molar-refractivity contribution in [2.75, 3.05) is 26.7 Å². The summed E-state index contributed by atoms with van der Waals surface area (Å²) in [7, 11) is 1.53. The molecule has 10 heteroatoms. The van der Waals surface area contributed by atoms with Gasteiger partial charge < -0.3 is 9.84 Å². The Hall–Kier alpha value is -3.21. The topological polar surface area (TPSA) is 73.3 Å². The molecule has 2 aromatic carbocycles. The van der Waals surface area contributed by atoms with E-state index < -0.39 is 24.2 Å². The molecule has 1 aliphatic carbocycles. The highest BCUT2D eigenvalue weighted by atomic mass is 19.4. The zero-order valence-electron chi connectivity index (χ0n) is 23.6. The zero-order valence-corrected chi connectivity index (χ0v) is 23.6. The molecule has 5 unspecified atom stereocenters. The van der Waals surface area contributed by atoms with Crippen molar-refractivity contribution in [2.45, 2.75) is 57.2 Å². The fourth-order valence-electron chi connectivity index (χ4n) is 7.56. The molecule has 42 heavy (non-hydrogen) atoms. The summed E-state index contributed by atoms with van der Waals surface area (Å²) in [5.41, 5.74) is 3.88. The monoisotopic (exact) mass is 583 g/mol. The molecule has 0 spiro atoms. The van der Waals surface area contributed by atoms with Gasteiger partial charge in [-0.05, 0) is 67.6 Å². The van der Waals surface area contributed by atoms with Gasteiger partial charge in [-0.25, -0.2) is 0 Å². The van der Waals surface area contributed by atoms with E-state index in [2.05, 4.69) is 44.9 Å². The van der Waals surface area contributed by atoms with Crippen molar-refractivity contribution in [3.8, 4) is 5.75 Å². The van der Waals surface area contributed by atoms with Crippen molar-refractivity contribution in [3.63, 3.8) is 0 Å². The second kappa shape index (κ2) is 11.5. The summed E-state index contributed by atoms with van der Waals surface area (Å²) in [5.74, 6) is -2.09. The minimum atomic E-state index is -4.80. The molecule has 0 radical (unpaired) electrons. The first-order valence-electron chi connectivity index (χ1n) is 14.7. The van der Waals surface area contributed by atoms with Gasteiger partial charge in [-0.15, -0.1) is 13.2 Å². The van der Waals surface area contributed by atoms with Crippen LogP contribution in [0.4, 0.5) is 13.2 Å². The third-order valence-corrected chi connectivity index (χ3v) is 9.31. The lowest BCUT2D eigenvalue weighted by Crippen LogP contribution is -2.58. The third-order valence-electron chi connectivity index (χ3n) is 9.31. The lowest BCUT2D eigenvalue weighted by atomic mass is 9.61. The molecule has 7 rings (SSSR count). The van der Waals surface area contributed by atoms with Gasteiger partial charge in [0, 0.05) is 44.7 Å².